The molecule has 0 aliphatic heterocycles. The molecule has 1 aromatic heterocycles. The molecule has 0 radical (unpaired) electrons. The number of rotatable bonds is 4. The summed E-state index contributed by atoms with van der Waals surface area (Å²) in [4.78, 5) is 15.1. The van der Waals surface area contributed by atoms with Crippen molar-refractivity contribution in [3.8, 4) is 0 Å². The van der Waals surface area contributed by atoms with Crippen LogP contribution in [0.4, 0.5) is 5.82 Å². The van der Waals surface area contributed by atoms with Crippen LogP contribution in [0.5, 0.6) is 0 Å². The molecule has 1 amide bonds. The second-order valence-electron chi connectivity index (χ2n) is 4.19. The first-order chi connectivity index (χ1) is 7.74. The van der Waals surface area contributed by atoms with Gasteiger partial charge in [-0.3, -0.25) is 4.79 Å². The average molecular weight is 297 g/mol. The number of pyridine rings is 1. The van der Waals surface area contributed by atoms with Crippen LogP contribution in [-0.4, -0.2) is 17.4 Å². The summed E-state index contributed by atoms with van der Waals surface area (Å²) < 4.78 is 0. The summed E-state index contributed by atoms with van der Waals surface area (Å²) in [5.41, 5.74) is 4.54. The number of nitrogens with zero attached hydrogens (tertiary/aromatic N) is 1. The lowest BCUT2D eigenvalue weighted by molar-refractivity contribution is -0.125. The lowest BCUT2D eigenvalue weighted by atomic mass is 9.93. The van der Waals surface area contributed by atoms with Gasteiger partial charge in [0, 0.05) is 6.54 Å². The van der Waals surface area contributed by atoms with Crippen LogP contribution >= 0.6 is 34.8 Å². The van der Waals surface area contributed by atoms with Gasteiger partial charge >= 0.3 is 0 Å². The van der Waals surface area contributed by atoms with E-state index in [1.54, 1.807) is 13.8 Å². The highest BCUT2D eigenvalue weighted by Crippen LogP contribution is 2.29. The van der Waals surface area contributed by atoms with E-state index in [1.165, 1.54) is 6.07 Å². The van der Waals surface area contributed by atoms with Crippen molar-refractivity contribution < 1.29 is 4.79 Å². The van der Waals surface area contributed by atoms with Crippen LogP contribution in [0.25, 0.3) is 0 Å². The topological polar surface area (TPSA) is 68.0 Å². The van der Waals surface area contributed by atoms with E-state index in [0.717, 1.165) is 0 Å². The van der Waals surface area contributed by atoms with Crippen LogP contribution in [0.3, 0.4) is 0 Å². The Morgan fingerprint density at radius 3 is 2.53 bits per heavy atom. The number of hydrogen-bond acceptors (Lipinski definition) is 3. The number of amides is 1. The number of nitrogens with one attached hydrogen (secondary N) is 1. The summed E-state index contributed by atoms with van der Waals surface area (Å²) >= 11 is 17.4. The molecule has 0 bridgehead atoms. The normalized spacial score (nSPS) is 11.4. The van der Waals surface area contributed by atoms with Crippen LogP contribution < -0.4 is 11.1 Å². The van der Waals surface area contributed by atoms with Crippen molar-refractivity contribution >= 4 is 46.5 Å². The first-order valence-electron chi connectivity index (χ1n) is 4.79. The Morgan fingerprint density at radius 1 is 1.41 bits per heavy atom. The van der Waals surface area contributed by atoms with Crippen LogP contribution in [-0.2, 0) is 4.79 Å². The van der Waals surface area contributed by atoms with Crippen LogP contribution in [0.15, 0.2) is 6.07 Å². The van der Waals surface area contributed by atoms with E-state index in [-0.39, 0.29) is 10.2 Å². The molecule has 4 nitrogen and oxygen atoms in total. The zero-order valence-corrected chi connectivity index (χ0v) is 11.6. The van der Waals surface area contributed by atoms with Gasteiger partial charge in [0.15, 0.2) is 0 Å². The van der Waals surface area contributed by atoms with Crippen LogP contribution in [0.2, 0.25) is 15.2 Å². The van der Waals surface area contributed by atoms with Gasteiger partial charge < -0.3 is 11.1 Å². The number of aromatic nitrogens is 1. The van der Waals surface area contributed by atoms with E-state index in [0.29, 0.717) is 17.4 Å². The first kappa shape index (κ1) is 14.4. The Hall–Kier alpha value is -0.710. The number of primary amides is 1. The Labute approximate surface area is 114 Å². The first-order valence-corrected chi connectivity index (χ1v) is 5.93. The molecule has 1 rings (SSSR count). The molecule has 0 atom stereocenters. The van der Waals surface area contributed by atoms with Crippen LogP contribution in [0.1, 0.15) is 13.8 Å². The van der Waals surface area contributed by atoms with E-state index in [2.05, 4.69) is 10.3 Å². The highest BCUT2D eigenvalue weighted by atomic mass is 35.5. The number of carbonyl (C=O) groups is 1. The third kappa shape index (κ3) is 3.63. The molecule has 94 valence electrons. The summed E-state index contributed by atoms with van der Waals surface area (Å²) in [6, 6.07) is 1.48. The van der Waals surface area contributed by atoms with Crippen molar-refractivity contribution in [2.75, 3.05) is 11.9 Å². The van der Waals surface area contributed by atoms with Crippen LogP contribution in [0, 0.1) is 5.41 Å². The third-order valence-corrected chi connectivity index (χ3v) is 3.21. The van der Waals surface area contributed by atoms with Crippen molar-refractivity contribution in [3.05, 3.63) is 21.3 Å². The van der Waals surface area contributed by atoms with Gasteiger partial charge in [0.25, 0.3) is 0 Å². The predicted molar refractivity (Wildman–Crippen MR) is 70.7 cm³/mol. The van der Waals surface area contributed by atoms with Crippen molar-refractivity contribution in [3.63, 3.8) is 0 Å². The Morgan fingerprint density at radius 2 is 2.00 bits per heavy atom. The molecule has 1 heterocycles. The molecule has 17 heavy (non-hydrogen) atoms. The van der Waals surface area contributed by atoms with E-state index in [4.69, 9.17) is 40.5 Å². The minimum absolute atomic E-state index is 0.149. The lowest BCUT2D eigenvalue weighted by Gasteiger charge is -2.21. The molecular formula is C10H12Cl3N3O. The molecular weight excluding hydrogens is 284 g/mol. The fourth-order valence-corrected chi connectivity index (χ4v) is 1.52. The largest absolute Gasteiger partial charge is 0.369 e. The van der Waals surface area contributed by atoms with Gasteiger partial charge in [-0.2, -0.15) is 0 Å². The lowest BCUT2D eigenvalue weighted by Crippen LogP contribution is -2.37. The van der Waals surface area contributed by atoms with Gasteiger partial charge in [-0.25, -0.2) is 4.98 Å². The molecule has 0 unspecified atom stereocenters. The maximum Gasteiger partial charge on any atom is 0.224 e. The average Bonchev–Trinajstić information content (AvgIpc) is 2.21. The minimum Gasteiger partial charge on any atom is -0.369 e. The van der Waals surface area contributed by atoms with Gasteiger partial charge in [-0.15, -0.1) is 0 Å². The van der Waals surface area contributed by atoms with Gasteiger partial charge in [0.1, 0.15) is 11.0 Å². The zero-order chi connectivity index (χ0) is 13.2. The van der Waals surface area contributed by atoms with E-state index in [9.17, 15) is 4.79 Å². The summed E-state index contributed by atoms with van der Waals surface area (Å²) in [6.07, 6.45) is 0. The number of anilines is 1. The van der Waals surface area contributed by atoms with Crippen molar-refractivity contribution in [1.82, 2.24) is 4.98 Å². The molecule has 0 aromatic carbocycles. The Balaban J connectivity index is 2.83. The van der Waals surface area contributed by atoms with Gasteiger partial charge in [0.2, 0.25) is 5.91 Å². The maximum absolute atomic E-state index is 11.1. The van der Waals surface area contributed by atoms with Gasteiger partial charge in [-0.1, -0.05) is 34.8 Å². The number of halogens is 3. The third-order valence-electron chi connectivity index (χ3n) is 2.25. The van der Waals surface area contributed by atoms with Crippen molar-refractivity contribution in [2.24, 2.45) is 11.1 Å². The molecule has 1 aromatic rings. The summed E-state index contributed by atoms with van der Waals surface area (Å²) in [7, 11) is 0. The minimum atomic E-state index is -0.711. The highest BCUT2D eigenvalue weighted by Gasteiger charge is 2.25. The van der Waals surface area contributed by atoms with E-state index >= 15 is 0 Å². The fourth-order valence-electron chi connectivity index (χ4n) is 0.960. The number of hydrogen-bond donors (Lipinski definition) is 2. The summed E-state index contributed by atoms with van der Waals surface area (Å²) in [5.74, 6) is -0.0448. The SMILES string of the molecule is CC(C)(CNc1nc(Cl)c(Cl)cc1Cl)C(N)=O. The summed E-state index contributed by atoms with van der Waals surface area (Å²) in [6.45, 7) is 3.73. The predicted octanol–water partition coefficient (Wildman–Crippen LogP) is 2.97. The second kappa shape index (κ2) is 5.29. The number of nitrogens with two attached hydrogens (primary N) is 1. The van der Waals surface area contributed by atoms with E-state index < -0.39 is 11.3 Å². The molecule has 3 N–H and O–H groups in total. The molecule has 0 aliphatic carbocycles. The number of carbonyl (C=O) groups excluding carboxylic acids is 1. The molecule has 0 aliphatic rings. The quantitative estimate of drug-likeness (QED) is 0.839. The van der Waals surface area contributed by atoms with E-state index in [1.807, 2.05) is 0 Å². The molecule has 0 saturated heterocycles. The fraction of sp³-hybridized carbons (Fsp3) is 0.400. The monoisotopic (exact) mass is 295 g/mol. The van der Waals surface area contributed by atoms with Gasteiger partial charge in [0.05, 0.1) is 15.5 Å². The highest BCUT2D eigenvalue weighted by molar-refractivity contribution is 6.42. The smallest absolute Gasteiger partial charge is 0.224 e. The second-order valence-corrected chi connectivity index (χ2v) is 5.37. The Kier molecular flexibility index (Phi) is 4.47. The van der Waals surface area contributed by atoms with Crippen molar-refractivity contribution in [2.45, 2.75) is 13.8 Å². The molecule has 0 saturated carbocycles. The molecule has 7 heteroatoms. The molecule has 0 spiro atoms. The zero-order valence-electron chi connectivity index (χ0n) is 9.35. The van der Waals surface area contributed by atoms with Gasteiger partial charge in [-0.05, 0) is 19.9 Å². The molecule has 0 fully saturated rings. The standard InChI is InChI=1S/C10H12Cl3N3O/c1-10(2,9(14)17)4-15-8-6(12)3-5(11)7(13)16-8/h3H,4H2,1-2H3,(H2,14,17)(H,15,16). The Bertz CT molecular complexity index is 449. The summed E-state index contributed by atoms with van der Waals surface area (Å²) in [5, 5.41) is 3.67. The van der Waals surface area contributed by atoms with Crippen molar-refractivity contribution in [1.29, 1.82) is 0 Å². The maximum atomic E-state index is 11.1.